The molecule has 0 aliphatic carbocycles. The summed E-state index contributed by atoms with van der Waals surface area (Å²) in [6.07, 6.45) is 0. The first-order chi connectivity index (χ1) is 8.27. The highest BCUT2D eigenvalue weighted by molar-refractivity contribution is 5.85. The van der Waals surface area contributed by atoms with Crippen molar-refractivity contribution in [3.05, 3.63) is 28.3 Å². The van der Waals surface area contributed by atoms with Crippen molar-refractivity contribution in [2.75, 3.05) is 31.1 Å². The summed E-state index contributed by atoms with van der Waals surface area (Å²) < 4.78 is 5.56. The Morgan fingerprint density at radius 1 is 1.50 bits per heavy atom. The molecule has 0 amide bonds. The number of anilines is 1. The molecular weight excluding hydrogens is 258 g/mol. The van der Waals surface area contributed by atoms with Crippen LogP contribution in [-0.2, 0) is 0 Å². The first kappa shape index (κ1) is 12.9. The Hall–Kier alpha value is -1.53. The fraction of sp³-hybridized carbons (Fsp3) is 0.455. The van der Waals surface area contributed by atoms with Crippen molar-refractivity contribution in [1.29, 1.82) is 0 Å². The SMILES string of the molecule is Cl.O=[N+]([O-])c1cccc2c1OC[C@@H]1CNCCN21. The molecule has 2 heterocycles. The summed E-state index contributed by atoms with van der Waals surface area (Å²) >= 11 is 0. The predicted molar refractivity (Wildman–Crippen MR) is 69.8 cm³/mol. The molecule has 6 nitrogen and oxygen atoms in total. The van der Waals surface area contributed by atoms with Gasteiger partial charge in [-0.15, -0.1) is 12.4 Å². The van der Waals surface area contributed by atoms with Crippen molar-refractivity contribution >= 4 is 23.8 Å². The molecule has 2 aliphatic heterocycles. The fourth-order valence-electron chi connectivity index (χ4n) is 2.44. The molecule has 1 aromatic carbocycles. The zero-order chi connectivity index (χ0) is 11.8. The number of nitrogens with zero attached hydrogens (tertiary/aromatic N) is 2. The molecule has 2 aliphatic rings. The number of hydrogen-bond acceptors (Lipinski definition) is 5. The van der Waals surface area contributed by atoms with E-state index in [1.807, 2.05) is 6.07 Å². The van der Waals surface area contributed by atoms with E-state index in [2.05, 4.69) is 10.2 Å². The van der Waals surface area contributed by atoms with Crippen LogP contribution in [0.15, 0.2) is 18.2 Å². The van der Waals surface area contributed by atoms with E-state index in [0.29, 0.717) is 12.4 Å². The quantitative estimate of drug-likeness (QED) is 0.614. The van der Waals surface area contributed by atoms with E-state index >= 15 is 0 Å². The summed E-state index contributed by atoms with van der Waals surface area (Å²) in [5.41, 5.74) is 0.899. The topological polar surface area (TPSA) is 67.6 Å². The summed E-state index contributed by atoms with van der Waals surface area (Å²) in [4.78, 5) is 12.7. The van der Waals surface area contributed by atoms with Crippen LogP contribution in [0.3, 0.4) is 0 Å². The van der Waals surface area contributed by atoms with Gasteiger partial charge in [0.1, 0.15) is 6.61 Å². The summed E-state index contributed by atoms with van der Waals surface area (Å²) in [7, 11) is 0. The van der Waals surface area contributed by atoms with Crippen LogP contribution in [-0.4, -0.2) is 37.2 Å². The van der Waals surface area contributed by atoms with Crippen LogP contribution in [0, 0.1) is 10.1 Å². The van der Waals surface area contributed by atoms with Gasteiger partial charge in [0.05, 0.1) is 16.7 Å². The van der Waals surface area contributed by atoms with Gasteiger partial charge in [-0.2, -0.15) is 0 Å². The van der Waals surface area contributed by atoms with Gasteiger partial charge >= 0.3 is 5.69 Å². The molecule has 1 aromatic rings. The minimum atomic E-state index is -0.388. The molecule has 98 valence electrons. The van der Waals surface area contributed by atoms with Crippen molar-refractivity contribution in [1.82, 2.24) is 5.32 Å². The normalized spacial score (nSPS) is 21.1. The zero-order valence-electron chi connectivity index (χ0n) is 9.67. The molecule has 1 N–H and O–H groups in total. The molecular formula is C11H14ClN3O3. The van der Waals surface area contributed by atoms with E-state index in [0.717, 1.165) is 25.3 Å². The highest BCUT2D eigenvalue weighted by Crippen LogP contribution is 2.41. The number of nitro benzene ring substituents is 1. The molecule has 7 heteroatoms. The lowest BCUT2D eigenvalue weighted by Crippen LogP contribution is -2.55. The highest BCUT2D eigenvalue weighted by atomic mass is 35.5. The van der Waals surface area contributed by atoms with Crippen molar-refractivity contribution in [2.45, 2.75) is 6.04 Å². The maximum absolute atomic E-state index is 10.9. The molecule has 0 spiro atoms. The second kappa shape index (κ2) is 4.99. The summed E-state index contributed by atoms with van der Waals surface area (Å²) in [6, 6.07) is 5.37. The standard InChI is InChI=1S/C11H13N3O3.ClH/c15-14(16)10-3-1-2-9-11(10)17-7-8-6-12-4-5-13(8)9;/h1-3,8,12H,4-7H2;1H/t8-;/m0./s1. The molecule has 3 rings (SSSR count). The van der Waals surface area contributed by atoms with Gasteiger partial charge in [0.15, 0.2) is 0 Å². The summed E-state index contributed by atoms with van der Waals surface area (Å²) in [5.74, 6) is 0.413. The second-order valence-electron chi connectivity index (χ2n) is 4.24. The number of nitrogens with one attached hydrogen (secondary N) is 1. The number of rotatable bonds is 1. The number of para-hydroxylation sites is 1. The van der Waals surface area contributed by atoms with Crippen LogP contribution in [0.5, 0.6) is 5.75 Å². The lowest BCUT2D eigenvalue weighted by molar-refractivity contribution is -0.385. The number of hydrogen-bond donors (Lipinski definition) is 1. The molecule has 18 heavy (non-hydrogen) atoms. The molecule has 0 aromatic heterocycles. The zero-order valence-corrected chi connectivity index (χ0v) is 10.5. The van der Waals surface area contributed by atoms with Crippen molar-refractivity contribution in [2.24, 2.45) is 0 Å². The molecule has 0 unspecified atom stereocenters. The van der Waals surface area contributed by atoms with E-state index in [1.54, 1.807) is 6.07 Å². The number of nitro groups is 1. The Kier molecular flexibility index (Phi) is 3.58. The third-order valence-corrected chi connectivity index (χ3v) is 3.25. The van der Waals surface area contributed by atoms with E-state index in [1.165, 1.54) is 6.07 Å². The minimum Gasteiger partial charge on any atom is -0.483 e. The third kappa shape index (κ3) is 1.97. The molecule has 1 fully saturated rings. The predicted octanol–water partition coefficient (Wildman–Crippen LogP) is 1.19. The Labute approximate surface area is 110 Å². The van der Waals surface area contributed by atoms with Crippen LogP contribution in [0.2, 0.25) is 0 Å². The van der Waals surface area contributed by atoms with Gasteiger partial charge in [-0.1, -0.05) is 6.07 Å². The molecule has 1 saturated heterocycles. The maximum Gasteiger partial charge on any atom is 0.313 e. The van der Waals surface area contributed by atoms with Crippen molar-refractivity contribution < 1.29 is 9.66 Å². The number of piperazine rings is 1. The van der Waals surface area contributed by atoms with E-state index < -0.39 is 0 Å². The van der Waals surface area contributed by atoms with Gasteiger partial charge in [-0.3, -0.25) is 10.1 Å². The first-order valence-corrected chi connectivity index (χ1v) is 5.65. The Morgan fingerprint density at radius 2 is 2.33 bits per heavy atom. The fourth-order valence-corrected chi connectivity index (χ4v) is 2.44. The average Bonchev–Trinajstić information content (AvgIpc) is 2.37. The lowest BCUT2D eigenvalue weighted by Gasteiger charge is -2.41. The Morgan fingerprint density at radius 3 is 3.11 bits per heavy atom. The number of fused-ring (bicyclic) bond motifs is 3. The number of halogens is 1. The second-order valence-corrected chi connectivity index (χ2v) is 4.24. The van der Waals surface area contributed by atoms with E-state index in [-0.39, 0.29) is 29.1 Å². The average molecular weight is 272 g/mol. The minimum absolute atomic E-state index is 0. The van der Waals surface area contributed by atoms with Crippen LogP contribution < -0.4 is 15.0 Å². The van der Waals surface area contributed by atoms with E-state index in [4.69, 9.17) is 4.74 Å². The van der Waals surface area contributed by atoms with Gasteiger partial charge in [0.2, 0.25) is 5.75 Å². The third-order valence-electron chi connectivity index (χ3n) is 3.25. The van der Waals surface area contributed by atoms with Gasteiger partial charge < -0.3 is 15.0 Å². The van der Waals surface area contributed by atoms with Crippen LogP contribution in [0.1, 0.15) is 0 Å². The first-order valence-electron chi connectivity index (χ1n) is 5.65. The molecule has 0 saturated carbocycles. The highest BCUT2D eigenvalue weighted by Gasteiger charge is 2.33. The maximum atomic E-state index is 10.9. The summed E-state index contributed by atoms with van der Waals surface area (Å²) in [6.45, 7) is 3.13. The van der Waals surface area contributed by atoms with Crippen LogP contribution in [0.25, 0.3) is 0 Å². The Bertz CT molecular complexity index is 469. The van der Waals surface area contributed by atoms with Crippen molar-refractivity contribution in [3.63, 3.8) is 0 Å². The van der Waals surface area contributed by atoms with E-state index in [9.17, 15) is 10.1 Å². The molecule has 0 bridgehead atoms. The molecule has 0 radical (unpaired) electrons. The monoisotopic (exact) mass is 271 g/mol. The number of benzene rings is 1. The van der Waals surface area contributed by atoms with Crippen LogP contribution >= 0.6 is 12.4 Å². The van der Waals surface area contributed by atoms with Gasteiger partial charge in [0, 0.05) is 25.7 Å². The van der Waals surface area contributed by atoms with Gasteiger partial charge in [0.25, 0.3) is 0 Å². The summed E-state index contributed by atoms with van der Waals surface area (Å²) in [5, 5.41) is 14.2. The lowest BCUT2D eigenvalue weighted by atomic mass is 10.1. The largest absolute Gasteiger partial charge is 0.483 e. The van der Waals surface area contributed by atoms with Crippen molar-refractivity contribution in [3.8, 4) is 5.75 Å². The Balaban J connectivity index is 0.00000120. The van der Waals surface area contributed by atoms with Gasteiger partial charge in [-0.05, 0) is 6.07 Å². The van der Waals surface area contributed by atoms with Crippen LogP contribution in [0.4, 0.5) is 11.4 Å². The van der Waals surface area contributed by atoms with Gasteiger partial charge in [-0.25, -0.2) is 0 Å². The number of ether oxygens (including phenoxy) is 1. The molecule has 1 atom stereocenters. The smallest absolute Gasteiger partial charge is 0.313 e.